The lowest BCUT2D eigenvalue weighted by molar-refractivity contribution is 0.0935. The van der Waals surface area contributed by atoms with Crippen LogP contribution in [0.1, 0.15) is 28.9 Å². The van der Waals surface area contributed by atoms with Gasteiger partial charge in [-0.05, 0) is 49.1 Å². The molecule has 2 aromatic rings. The van der Waals surface area contributed by atoms with Gasteiger partial charge in [-0.3, -0.25) is 4.79 Å². The number of anilines is 1. The first kappa shape index (κ1) is 17.2. The zero-order valence-corrected chi connectivity index (χ0v) is 16.1. The molecule has 27 heavy (non-hydrogen) atoms. The maximum atomic E-state index is 12.7. The second-order valence-electron chi connectivity index (χ2n) is 7.68. The third-order valence-electron chi connectivity index (χ3n) is 5.95. The molecule has 2 N–H and O–H groups in total. The molecule has 1 aromatic carbocycles. The van der Waals surface area contributed by atoms with Gasteiger partial charge in [0, 0.05) is 41.8 Å². The van der Waals surface area contributed by atoms with Crippen LogP contribution in [0, 0.1) is 0 Å². The van der Waals surface area contributed by atoms with Gasteiger partial charge in [-0.1, -0.05) is 12.1 Å². The Kier molecular flexibility index (Phi) is 4.63. The lowest BCUT2D eigenvalue weighted by atomic mass is 9.95. The van der Waals surface area contributed by atoms with E-state index in [-0.39, 0.29) is 11.9 Å². The molecule has 3 saturated heterocycles. The molecule has 1 amide bonds. The van der Waals surface area contributed by atoms with E-state index in [1.54, 1.807) is 11.3 Å². The normalized spacial score (nSPS) is 27.1. The number of benzene rings is 1. The van der Waals surface area contributed by atoms with Crippen LogP contribution in [0.2, 0.25) is 0 Å². The highest BCUT2D eigenvalue weighted by Crippen LogP contribution is 2.32. The quantitative estimate of drug-likeness (QED) is 0.853. The summed E-state index contributed by atoms with van der Waals surface area (Å²) in [6.45, 7) is 3.43. The van der Waals surface area contributed by atoms with Crippen molar-refractivity contribution in [2.45, 2.75) is 37.4 Å². The van der Waals surface area contributed by atoms with E-state index < -0.39 is 0 Å². The summed E-state index contributed by atoms with van der Waals surface area (Å²) in [5, 5.41) is 6.82. The van der Waals surface area contributed by atoms with Gasteiger partial charge < -0.3 is 20.3 Å². The summed E-state index contributed by atoms with van der Waals surface area (Å²) in [6, 6.07) is 14.0. The summed E-state index contributed by atoms with van der Waals surface area (Å²) >= 11 is 1.58. The number of amides is 1. The summed E-state index contributed by atoms with van der Waals surface area (Å²) < 4.78 is 5.45. The fourth-order valence-electron chi connectivity index (χ4n) is 4.52. The summed E-state index contributed by atoms with van der Waals surface area (Å²) in [6.07, 6.45) is 3.50. The first-order chi connectivity index (χ1) is 13.3. The number of carbonyl (C=O) groups is 1. The molecule has 1 aromatic heterocycles. The standard InChI is InChI=1S/C21H25N3O2S/c25-21(23-18-13-15-4-5-17(18)22-15)20-7-6-19(27-20)14-2-1-3-16(12-14)24-8-10-26-11-9-24/h1-3,6-7,12,15,17-18,22H,4-5,8-11,13H2,(H,23,25)/t15-,17+,18-/m1/s1. The minimum Gasteiger partial charge on any atom is -0.378 e. The van der Waals surface area contributed by atoms with Crippen molar-refractivity contribution >= 4 is 22.9 Å². The Hall–Kier alpha value is -1.89. The fourth-order valence-corrected chi connectivity index (χ4v) is 5.42. The first-order valence-electron chi connectivity index (χ1n) is 9.86. The molecular formula is C21H25N3O2S. The number of fused-ring (bicyclic) bond motifs is 2. The van der Waals surface area contributed by atoms with E-state index in [0.717, 1.165) is 42.5 Å². The Morgan fingerprint density at radius 2 is 2.07 bits per heavy atom. The summed E-state index contributed by atoms with van der Waals surface area (Å²) in [7, 11) is 0. The molecule has 3 aliphatic heterocycles. The number of hydrogen-bond acceptors (Lipinski definition) is 5. The molecule has 3 aliphatic rings. The van der Waals surface area contributed by atoms with E-state index >= 15 is 0 Å². The van der Waals surface area contributed by atoms with E-state index in [0.29, 0.717) is 12.1 Å². The number of morpholine rings is 1. The monoisotopic (exact) mass is 383 g/mol. The van der Waals surface area contributed by atoms with Crippen molar-refractivity contribution in [3.8, 4) is 10.4 Å². The van der Waals surface area contributed by atoms with Gasteiger partial charge in [0.1, 0.15) is 0 Å². The van der Waals surface area contributed by atoms with Crippen LogP contribution in [0.5, 0.6) is 0 Å². The van der Waals surface area contributed by atoms with E-state index in [2.05, 4.69) is 45.9 Å². The topological polar surface area (TPSA) is 53.6 Å². The molecule has 5 nitrogen and oxygen atoms in total. The highest BCUT2D eigenvalue weighted by atomic mass is 32.1. The Balaban J connectivity index is 1.29. The number of nitrogens with one attached hydrogen (secondary N) is 2. The van der Waals surface area contributed by atoms with Crippen LogP contribution < -0.4 is 15.5 Å². The van der Waals surface area contributed by atoms with Crippen molar-refractivity contribution < 1.29 is 9.53 Å². The average Bonchev–Trinajstić information content (AvgIpc) is 3.46. The van der Waals surface area contributed by atoms with Crippen molar-refractivity contribution in [3.63, 3.8) is 0 Å². The molecule has 0 saturated carbocycles. The molecule has 0 spiro atoms. The predicted octanol–water partition coefficient (Wildman–Crippen LogP) is 2.87. The third-order valence-corrected chi connectivity index (χ3v) is 7.09. The fraction of sp³-hybridized carbons (Fsp3) is 0.476. The second kappa shape index (κ2) is 7.26. The van der Waals surface area contributed by atoms with Crippen molar-refractivity contribution in [1.82, 2.24) is 10.6 Å². The van der Waals surface area contributed by atoms with Gasteiger partial charge in [0.05, 0.1) is 18.1 Å². The predicted molar refractivity (Wildman–Crippen MR) is 109 cm³/mol. The molecule has 3 atom stereocenters. The van der Waals surface area contributed by atoms with Gasteiger partial charge in [-0.15, -0.1) is 11.3 Å². The van der Waals surface area contributed by atoms with Gasteiger partial charge in [0.25, 0.3) is 5.91 Å². The third kappa shape index (κ3) is 3.49. The number of ether oxygens (including phenoxy) is 1. The summed E-state index contributed by atoms with van der Waals surface area (Å²) in [5.74, 6) is 0.0648. The Morgan fingerprint density at radius 1 is 1.19 bits per heavy atom. The summed E-state index contributed by atoms with van der Waals surface area (Å²) in [4.78, 5) is 17.0. The molecule has 0 unspecified atom stereocenters. The lowest BCUT2D eigenvalue weighted by Crippen LogP contribution is -2.42. The van der Waals surface area contributed by atoms with Gasteiger partial charge in [-0.25, -0.2) is 0 Å². The Morgan fingerprint density at radius 3 is 2.85 bits per heavy atom. The zero-order chi connectivity index (χ0) is 18.2. The number of carbonyl (C=O) groups excluding carboxylic acids is 1. The van der Waals surface area contributed by atoms with Crippen molar-refractivity contribution in [2.75, 3.05) is 31.2 Å². The van der Waals surface area contributed by atoms with Crippen LogP contribution in [0.15, 0.2) is 36.4 Å². The van der Waals surface area contributed by atoms with Gasteiger partial charge in [-0.2, -0.15) is 0 Å². The van der Waals surface area contributed by atoms with Crippen LogP contribution in [0.4, 0.5) is 5.69 Å². The van der Waals surface area contributed by atoms with Crippen molar-refractivity contribution in [2.24, 2.45) is 0 Å². The first-order valence-corrected chi connectivity index (χ1v) is 10.7. The molecule has 5 rings (SSSR count). The highest BCUT2D eigenvalue weighted by molar-refractivity contribution is 7.17. The molecule has 3 fully saturated rings. The molecule has 6 heteroatoms. The lowest BCUT2D eigenvalue weighted by Gasteiger charge is -2.29. The van der Waals surface area contributed by atoms with Crippen LogP contribution in [-0.2, 0) is 4.74 Å². The molecule has 142 valence electrons. The van der Waals surface area contributed by atoms with Gasteiger partial charge in [0.2, 0.25) is 0 Å². The van der Waals surface area contributed by atoms with E-state index in [4.69, 9.17) is 4.74 Å². The number of hydrogen-bond donors (Lipinski definition) is 2. The maximum absolute atomic E-state index is 12.7. The largest absolute Gasteiger partial charge is 0.378 e. The van der Waals surface area contributed by atoms with E-state index in [1.165, 1.54) is 24.1 Å². The van der Waals surface area contributed by atoms with Crippen molar-refractivity contribution in [3.05, 3.63) is 41.3 Å². The van der Waals surface area contributed by atoms with Crippen LogP contribution in [0.3, 0.4) is 0 Å². The van der Waals surface area contributed by atoms with Crippen LogP contribution in [-0.4, -0.2) is 50.3 Å². The molecule has 2 bridgehead atoms. The van der Waals surface area contributed by atoms with Crippen LogP contribution >= 0.6 is 11.3 Å². The smallest absolute Gasteiger partial charge is 0.261 e. The SMILES string of the molecule is O=C(N[C@@H]1C[C@H]2CC[C@@H]1N2)c1ccc(-c2cccc(N3CCOCC3)c2)s1. The number of nitrogens with zero attached hydrogens (tertiary/aromatic N) is 1. The molecule has 0 aliphatic carbocycles. The Bertz CT molecular complexity index is 830. The van der Waals surface area contributed by atoms with Gasteiger partial charge in [0.15, 0.2) is 0 Å². The number of rotatable bonds is 4. The zero-order valence-electron chi connectivity index (χ0n) is 15.3. The van der Waals surface area contributed by atoms with E-state index in [1.807, 2.05) is 6.07 Å². The molecule has 0 radical (unpaired) electrons. The van der Waals surface area contributed by atoms with E-state index in [9.17, 15) is 4.79 Å². The van der Waals surface area contributed by atoms with Crippen LogP contribution in [0.25, 0.3) is 10.4 Å². The molecule has 4 heterocycles. The van der Waals surface area contributed by atoms with Gasteiger partial charge >= 0.3 is 0 Å². The average molecular weight is 384 g/mol. The minimum absolute atomic E-state index is 0.0648. The molecular weight excluding hydrogens is 358 g/mol. The summed E-state index contributed by atoms with van der Waals surface area (Å²) in [5.41, 5.74) is 2.40. The maximum Gasteiger partial charge on any atom is 0.261 e. The second-order valence-corrected chi connectivity index (χ2v) is 8.76. The minimum atomic E-state index is 0.0648. The number of thiophene rings is 1. The van der Waals surface area contributed by atoms with Crippen molar-refractivity contribution in [1.29, 1.82) is 0 Å². The highest BCUT2D eigenvalue weighted by Gasteiger charge is 2.39. The Labute approximate surface area is 163 Å².